The molecule has 2 aliphatic carbocycles. The summed E-state index contributed by atoms with van der Waals surface area (Å²) in [5.41, 5.74) is 0. The van der Waals surface area contributed by atoms with Crippen LogP contribution < -0.4 is 5.32 Å². The first-order valence-corrected chi connectivity index (χ1v) is 7.09. The molecule has 2 heteroatoms. The Morgan fingerprint density at radius 1 is 1.00 bits per heavy atom. The first-order chi connectivity index (χ1) is 7.66. The molecule has 0 saturated heterocycles. The van der Waals surface area contributed by atoms with Crippen LogP contribution in [0.25, 0.3) is 0 Å². The van der Waals surface area contributed by atoms with E-state index in [1.807, 2.05) is 0 Å². The van der Waals surface area contributed by atoms with E-state index in [0.717, 1.165) is 24.0 Å². The third kappa shape index (κ3) is 2.98. The van der Waals surface area contributed by atoms with Crippen LogP contribution in [0.4, 0.5) is 0 Å². The highest BCUT2D eigenvalue weighted by molar-refractivity contribution is 4.89. The average molecular weight is 224 g/mol. The molecule has 0 spiro atoms. The van der Waals surface area contributed by atoms with Crippen molar-refractivity contribution in [2.24, 2.45) is 5.92 Å². The lowest BCUT2D eigenvalue weighted by Crippen LogP contribution is -2.43. The van der Waals surface area contributed by atoms with Gasteiger partial charge in [-0.1, -0.05) is 19.8 Å². The van der Waals surface area contributed by atoms with Crippen molar-refractivity contribution in [2.45, 2.75) is 70.0 Å². The van der Waals surface area contributed by atoms with Crippen molar-refractivity contribution >= 4 is 0 Å². The Balaban J connectivity index is 1.77. The number of hydrogen-bond acceptors (Lipinski definition) is 2. The molecule has 16 heavy (non-hydrogen) atoms. The Kier molecular flexibility index (Phi) is 4.26. The SMILES string of the molecule is CC1CCCCC1NC1CCC(N(C)C)C1. The van der Waals surface area contributed by atoms with Gasteiger partial charge in [0, 0.05) is 18.1 Å². The Hall–Kier alpha value is -0.0800. The lowest BCUT2D eigenvalue weighted by Gasteiger charge is -2.32. The molecule has 2 aliphatic rings. The van der Waals surface area contributed by atoms with E-state index in [1.54, 1.807) is 0 Å². The zero-order valence-corrected chi connectivity index (χ0v) is 11.2. The predicted octanol–water partition coefficient (Wildman–Crippen LogP) is 2.64. The van der Waals surface area contributed by atoms with E-state index in [1.165, 1.54) is 44.9 Å². The Bertz CT molecular complexity index is 215. The van der Waals surface area contributed by atoms with Crippen LogP contribution >= 0.6 is 0 Å². The van der Waals surface area contributed by atoms with Gasteiger partial charge in [-0.2, -0.15) is 0 Å². The van der Waals surface area contributed by atoms with Gasteiger partial charge in [-0.05, 0) is 52.1 Å². The summed E-state index contributed by atoms with van der Waals surface area (Å²) in [6.07, 6.45) is 9.84. The predicted molar refractivity (Wildman–Crippen MR) is 69.7 cm³/mol. The van der Waals surface area contributed by atoms with Crippen molar-refractivity contribution in [1.82, 2.24) is 10.2 Å². The minimum atomic E-state index is 0.790. The normalized spacial score (nSPS) is 40.5. The second-order valence-corrected chi connectivity index (χ2v) is 6.16. The Morgan fingerprint density at radius 2 is 1.75 bits per heavy atom. The van der Waals surface area contributed by atoms with Crippen LogP contribution in [0, 0.1) is 5.92 Å². The second-order valence-electron chi connectivity index (χ2n) is 6.16. The summed E-state index contributed by atoms with van der Waals surface area (Å²) in [5, 5.41) is 3.93. The molecule has 2 fully saturated rings. The highest BCUT2D eigenvalue weighted by atomic mass is 15.1. The van der Waals surface area contributed by atoms with Crippen molar-refractivity contribution in [3.63, 3.8) is 0 Å². The van der Waals surface area contributed by atoms with Crippen LogP contribution in [-0.4, -0.2) is 37.1 Å². The van der Waals surface area contributed by atoms with Crippen LogP contribution in [0.2, 0.25) is 0 Å². The lowest BCUT2D eigenvalue weighted by atomic mass is 9.85. The number of rotatable bonds is 3. The maximum absolute atomic E-state index is 3.93. The molecule has 0 heterocycles. The summed E-state index contributed by atoms with van der Waals surface area (Å²) < 4.78 is 0. The fourth-order valence-electron chi connectivity index (χ4n) is 3.44. The van der Waals surface area contributed by atoms with Crippen molar-refractivity contribution in [3.05, 3.63) is 0 Å². The van der Waals surface area contributed by atoms with Gasteiger partial charge in [0.1, 0.15) is 0 Å². The van der Waals surface area contributed by atoms with E-state index < -0.39 is 0 Å². The van der Waals surface area contributed by atoms with Gasteiger partial charge in [-0.3, -0.25) is 0 Å². The quantitative estimate of drug-likeness (QED) is 0.793. The Labute approximate surface area is 101 Å². The monoisotopic (exact) mass is 224 g/mol. The third-order valence-corrected chi connectivity index (χ3v) is 4.70. The van der Waals surface area contributed by atoms with Gasteiger partial charge in [0.25, 0.3) is 0 Å². The van der Waals surface area contributed by atoms with Crippen LogP contribution in [0.1, 0.15) is 51.9 Å². The standard InChI is InChI=1S/C14H28N2/c1-11-6-4-5-7-14(11)15-12-8-9-13(10-12)16(2)3/h11-15H,4-10H2,1-3H3. The minimum absolute atomic E-state index is 0.790. The van der Waals surface area contributed by atoms with Gasteiger partial charge < -0.3 is 10.2 Å². The Morgan fingerprint density at radius 3 is 2.38 bits per heavy atom. The van der Waals surface area contributed by atoms with E-state index in [2.05, 4.69) is 31.2 Å². The van der Waals surface area contributed by atoms with Crippen molar-refractivity contribution in [3.8, 4) is 0 Å². The lowest BCUT2D eigenvalue weighted by molar-refractivity contribution is 0.248. The van der Waals surface area contributed by atoms with Gasteiger partial charge in [-0.15, -0.1) is 0 Å². The van der Waals surface area contributed by atoms with E-state index in [9.17, 15) is 0 Å². The molecule has 1 N–H and O–H groups in total. The van der Waals surface area contributed by atoms with Gasteiger partial charge in [0.05, 0.1) is 0 Å². The molecular formula is C14H28N2. The number of hydrogen-bond donors (Lipinski definition) is 1. The van der Waals surface area contributed by atoms with E-state index >= 15 is 0 Å². The topological polar surface area (TPSA) is 15.3 Å². The molecule has 0 aliphatic heterocycles. The molecule has 0 amide bonds. The molecule has 4 atom stereocenters. The van der Waals surface area contributed by atoms with Gasteiger partial charge in [0.2, 0.25) is 0 Å². The molecule has 2 rings (SSSR count). The molecule has 0 aromatic heterocycles. The maximum Gasteiger partial charge on any atom is 0.0105 e. The zero-order valence-electron chi connectivity index (χ0n) is 11.2. The molecule has 2 saturated carbocycles. The maximum atomic E-state index is 3.93. The molecular weight excluding hydrogens is 196 g/mol. The fourth-order valence-corrected chi connectivity index (χ4v) is 3.44. The second kappa shape index (κ2) is 5.50. The summed E-state index contributed by atoms with van der Waals surface area (Å²) in [6.45, 7) is 2.43. The van der Waals surface area contributed by atoms with Crippen molar-refractivity contribution in [2.75, 3.05) is 14.1 Å². The first-order valence-electron chi connectivity index (χ1n) is 7.09. The minimum Gasteiger partial charge on any atom is -0.311 e. The number of nitrogens with one attached hydrogen (secondary N) is 1. The summed E-state index contributed by atoms with van der Waals surface area (Å²) in [4.78, 5) is 2.39. The van der Waals surface area contributed by atoms with Crippen LogP contribution in [0.5, 0.6) is 0 Å². The van der Waals surface area contributed by atoms with E-state index in [-0.39, 0.29) is 0 Å². The molecule has 0 aromatic rings. The van der Waals surface area contributed by atoms with Crippen LogP contribution in [0.3, 0.4) is 0 Å². The third-order valence-electron chi connectivity index (χ3n) is 4.70. The average Bonchev–Trinajstić information content (AvgIpc) is 2.70. The summed E-state index contributed by atoms with van der Waals surface area (Å²) in [7, 11) is 4.44. The molecule has 0 aromatic carbocycles. The summed E-state index contributed by atoms with van der Waals surface area (Å²) in [6, 6.07) is 2.41. The summed E-state index contributed by atoms with van der Waals surface area (Å²) in [5.74, 6) is 0.896. The van der Waals surface area contributed by atoms with Gasteiger partial charge in [-0.25, -0.2) is 0 Å². The summed E-state index contributed by atoms with van der Waals surface area (Å²) >= 11 is 0. The number of nitrogens with zero attached hydrogens (tertiary/aromatic N) is 1. The first kappa shape index (κ1) is 12.4. The largest absolute Gasteiger partial charge is 0.311 e. The van der Waals surface area contributed by atoms with Crippen LogP contribution in [-0.2, 0) is 0 Å². The van der Waals surface area contributed by atoms with Crippen LogP contribution in [0.15, 0.2) is 0 Å². The zero-order chi connectivity index (χ0) is 11.5. The van der Waals surface area contributed by atoms with Gasteiger partial charge in [0.15, 0.2) is 0 Å². The smallest absolute Gasteiger partial charge is 0.0105 e. The fraction of sp³-hybridized carbons (Fsp3) is 1.00. The molecule has 4 unspecified atom stereocenters. The van der Waals surface area contributed by atoms with E-state index in [4.69, 9.17) is 0 Å². The molecule has 0 bridgehead atoms. The van der Waals surface area contributed by atoms with Crippen molar-refractivity contribution < 1.29 is 0 Å². The molecule has 2 nitrogen and oxygen atoms in total. The van der Waals surface area contributed by atoms with Crippen molar-refractivity contribution in [1.29, 1.82) is 0 Å². The molecule has 94 valence electrons. The highest BCUT2D eigenvalue weighted by Gasteiger charge is 2.29. The van der Waals surface area contributed by atoms with Gasteiger partial charge >= 0.3 is 0 Å². The highest BCUT2D eigenvalue weighted by Crippen LogP contribution is 2.28. The molecule has 0 radical (unpaired) electrons. The van der Waals surface area contributed by atoms with E-state index in [0.29, 0.717) is 0 Å².